The highest BCUT2D eigenvalue weighted by atomic mass is 79.9. The molecule has 0 aromatic heterocycles. The van der Waals surface area contributed by atoms with Crippen molar-refractivity contribution in [3.63, 3.8) is 0 Å². The van der Waals surface area contributed by atoms with Crippen molar-refractivity contribution in [1.82, 2.24) is 5.43 Å². The molecule has 0 heterocycles. The summed E-state index contributed by atoms with van der Waals surface area (Å²) in [5.41, 5.74) is 5.08. The van der Waals surface area contributed by atoms with E-state index in [-0.39, 0.29) is 11.8 Å². The van der Waals surface area contributed by atoms with E-state index >= 15 is 0 Å². The molecular weight excluding hydrogens is 328 g/mol. The predicted molar refractivity (Wildman–Crippen MR) is 89.4 cm³/mol. The van der Waals surface area contributed by atoms with Crippen molar-refractivity contribution in [3.8, 4) is 0 Å². The number of carbonyl (C=O) groups excluding carboxylic acids is 1. The summed E-state index contributed by atoms with van der Waals surface area (Å²) in [4.78, 5) is 12.2. The molecule has 21 heavy (non-hydrogen) atoms. The average Bonchev–Trinajstić information content (AvgIpc) is 2.48. The largest absolute Gasteiger partial charge is 0.272 e. The molecule has 0 aliphatic heterocycles. The van der Waals surface area contributed by atoms with Crippen molar-refractivity contribution < 1.29 is 4.79 Å². The highest BCUT2D eigenvalue weighted by Crippen LogP contribution is 2.15. The first kappa shape index (κ1) is 15.4. The van der Waals surface area contributed by atoms with E-state index in [1.165, 1.54) is 0 Å². The van der Waals surface area contributed by atoms with Crippen LogP contribution in [0.15, 0.2) is 64.2 Å². The quantitative estimate of drug-likeness (QED) is 0.654. The van der Waals surface area contributed by atoms with E-state index in [1.807, 2.05) is 48.5 Å². The Balaban J connectivity index is 2.22. The number of nitrogens with zero attached hydrogens (tertiary/aromatic N) is 1. The summed E-state index contributed by atoms with van der Waals surface area (Å²) < 4.78 is 0.753. The van der Waals surface area contributed by atoms with Gasteiger partial charge in [0.05, 0.1) is 11.3 Å². The monoisotopic (exact) mass is 344 g/mol. The van der Waals surface area contributed by atoms with Crippen LogP contribution in [0.5, 0.6) is 0 Å². The molecule has 0 radical (unpaired) electrons. The van der Waals surface area contributed by atoms with Crippen molar-refractivity contribution in [3.05, 3.63) is 70.2 Å². The van der Waals surface area contributed by atoms with Gasteiger partial charge in [0.2, 0.25) is 0 Å². The highest BCUT2D eigenvalue weighted by Gasteiger charge is 2.11. The Kier molecular flexibility index (Phi) is 5.28. The molecule has 2 aromatic rings. The Bertz CT molecular complexity index is 651. The molecular formula is C17H17BrN2O. The minimum absolute atomic E-state index is 0.215. The van der Waals surface area contributed by atoms with Crippen molar-refractivity contribution >= 4 is 27.5 Å². The van der Waals surface area contributed by atoms with Gasteiger partial charge in [-0.05, 0) is 39.5 Å². The van der Waals surface area contributed by atoms with Gasteiger partial charge in [0.25, 0.3) is 5.91 Å². The molecule has 0 unspecified atom stereocenters. The van der Waals surface area contributed by atoms with Crippen LogP contribution in [-0.2, 0) is 0 Å². The molecule has 0 aliphatic rings. The summed E-state index contributed by atoms with van der Waals surface area (Å²) in [6.07, 6.45) is 0. The van der Waals surface area contributed by atoms with Crippen LogP contribution in [0.2, 0.25) is 0 Å². The first-order valence-corrected chi connectivity index (χ1v) is 7.56. The molecule has 0 saturated carbocycles. The fraction of sp³-hybridized carbons (Fsp3) is 0.176. The van der Waals surface area contributed by atoms with Gasteiger partial charge in [-0.2, -0.15) is 5.10 Å². The molecule has 0 bridgehead atoms. The molecule has 0 spiro atoms. The van der Waals surface area contributed by atoms with E-state index in [1.54, 1.807) is 6.07 Å². The van der Waals surface area contributed by atoms with Gasteiger partial charge < -0.3 is 0 Å². The zero-order valence-electron chi connectivity index (χ0n) is 12.0. The molecule has 108 valence electrons. The number of rotatable bonds is 4. The van der Waals surface area contributed by atoms with Gasteiger partial charge in [-0.25, -0.2) is 5.43 Å². The van der Waals surface area contributed by atoms with Gasteiger partial charge in [0.15, 0.2) is 0 Å². The van der Waals surface area contributed by atoms with E-state index in [9.17, 15) is 4.79 Å². The van der Waals surface area contributed by atoms with Crippen LogP contribution < -0.4 is 5.43 Å². The summed E-state index contributed by atoms with van der Waals surface area (Å²) in [5, 5.41) is 4.31. The van der Waals surface area contributed by atoms with Gasteiger partial charge in [0.1, 0.15) is 0 Å². The first-order valence-electron chi connectivity index (χ1n) is 6.77. The van der Waals surface area contributed by atoms with Gasteiger partial charge in [-0.1, -0.05) is 56.3 Å². The molecule has 4 heteroatoms. The SMILES string of the molecule is CC(C)/C(=N/NC(=O)c1ccccc1Br)c1ccccc1. The number of carbonyl (C=O) groups is 1. The maximum atomic E-state index is 12.2. The summed E-state index contributed by atoms with van der Waals surface area (Å²) in [6, 6.07) is 17.1. The van der Waals surface area contributed by atoms with Crippen molar-refractivity contribution in [2.45, 2.75) is 13.8 Å². The number of hydrogen-bond donors (Lipinski definition) is 1. The maximum absolute atomic E-state index is 12.2. The summed E-state index contributed by atoms with van der Waals surface area (Å²) in [5.74, 6) is -0.0107. The van der Waals surface area contributed by atoms with Gasteiger partial charge in [-0.15, -0.1) is 0 Å². The zero-order valence-corrected chi connectivity index (χ0v) is 13.6. The molecule has 1 amide bonds. The van der Waals surface area contributed by atoms with Gasteiger partial charge in [-0.3, -0.25) is 4.79 Å². The number of hydrazone groups is 1. The Labute approximate surface area is 133 Å². The molecule has 1 N–H and O–H groups in total. The lowest BCUT2D eigenvalue weighted by atomic mass is 10.0. The fourth-order valence-electron chi connectivity index (χ4n) is 1.95. The number of hydrogen-bond acceptors (Lipinski definition) is 2. The lowest BCUT2D eigenvalue weighted by Crippen LogP contribution is -2.22. The van der Waals surface area contributed by atoms with Crippen LogP contribution >= 0.6 is 15.9 Å². The lowest BCUT2D eigenvalue weighted by molar-refractivity contribution is 0.0954. The Morgan fingerprint density at radius 3 is 2.29 bits per heavy atom. The molecule has 0 aliphatic carbocycles. The second-order valence-electron chi connectivity index (χ2n) is 4.94. The maximum Gasteiger partial charge on any atom is 0.272 e. The van der Waals surface area contributed by atoms with Crippen LogP contribution in [0.3, 0.4) is 0 Å². The normalized spacial score (nSPS) is 11.5. The first-order chi connectivity index (χ1) is 10.1. The summed E-state index contributed by atoms with van der Waals surface area (Å²) >= 11 is 3.37. The van der Waals surface area contributed by atoms with Crippen molar-refractivity contribution in [1.29, 1.82) is 0 Å². The zero-order chi connectivity index (χ0) is 15.2. The topological polar surface area (TPSA) is 41.5 Å². The number of halogens is 1. The third kappa shape index (κ3) is 4.02. The third-order valence-electron chi connectivity index (χ3n) is 3.01. The van der Waals surface area contributed by atoms with Gasteiger partial charge in [0, 0.05) is 4.47 Å². The standard InChI is InChI=1S/C17H17BrN2O/c1-12(2)16(13-8-4-3-5-9-13)19-20-17(21)14-10-6-7-11-15(14)18/h3-12H,1-2H3,(H,20,21)/b19-16-. The minimum atomic E-state index is -0.225. The molecule has 0 atom stereocenters. The molecule has 2 aromatic carbocycles. The van der Waals surface area contributed by atoms with Crippen molar-refractivity contribution in [2.75, 3.05) is 0 Å². The number of nitrogens with one attached hydrogen (secondary N) is 1. The fourth-order valence-corrected chi connectivity index (χ4v) is 2.42. The molecule has 2 rings (SSSR count). The smallest absolute Gasteiger partial charge is 0.267 e. The highest BCUT2D eigenvalue weighted by molar-refractivity contribution is 9.10. The molecule has 3 nitrogen and oxygen atoms in total. The van der Waals surface area contributed by atoms with E-state index in [0.29, 0.717) is 5.56 Å². The summed E-state index contributed by atoms with van der Waals surface area (Å²) in [7, 11) is 0. The Morgan fingerprint density at radius 2 is 1.67 bits per heavy atom. The second-order valence-corrected chi connectivity index (χ2v) is 5.79. The van der Waals surface area contributed by atoms with E-state index in [0.717, 1.165) is 15.7 Å². The van der Waals surface area contributed by atoms with Crippen LogP contribution in [-0.4, -0.2) is 11.6 Å². The Hall–Kier alpha value is -1.94. The number of benzene rings is 2. The minimum Gasteiger partial charge on any atom is -0.267 e. The lowest BCUT2D eigenvalue weighted by Gasteiger charge is -2.11. The van der Waals surface area contributed by atoms with Crippen LogP contribution in [0.1, 0.15) is 29.8 Å². The van der Waals surface area contributed by atoms with Crippen molar-refractivity contribution in [2.24, 2.45) is 11.0 Å². The van der Waals surface area contributed by atoms with E-state index < -0.39 is 0 Å². The van der Waals surface area contributed by atoms with Crippen LogP contribution in [0.25, 0.3) is 0 Å². The average molecular weight is 345 g/mol. The van der Waals surface area contributed by atoms with Crippen LogP contribution in [0, 0.1) is 5.92 Å². The predicted octanol–water partition coefficient (Wildman–Crippen LogP) is 4.24. The Morgan fingerprint density at radius 1 is 1.05 bits per heavy atom. The second kappa shape index (κ2) is 7.18. The third-order valence-corrected chi connectivity index (χ3v) is 3.70. The van der Waals surface area contributed by atoms with E-state index in [4.69, 9.17) is 0 Å². The summed E-state index contributed by atoms with van der Waals surface area (Å²) in [6.45, 7) is 4.10. The van der Waals surface area contributed by atoms with E-state index in [2.05, 4.69) is 40.3 Å². The molecule has 0 fully saturated rings. The van der Waals surface area contributed by atoms with Gasteiger partial charge >= 0.3 is 0 Å². The number of amides is 1. The van der Waals surface area contributed by atoms with Crippen LogP contribution in [0.4, 0.5) is 0 Å². The molecule has 0 saturated heterocycles.